The van der Waals surface area contributed by atoms with E-state index in [2.05, 4.69) is 43.7 Å². The molecule has 3 unspecified atom stereocenters. The van der Waals surface area contributed by atoms with Crippen molar-refractivity contribution in [1.29, 1.82) is 0 Å². The number of ketones is 2. The number of urea groups is 1. The van der Waals surface area contributed by atoms with E-state index in [0.29, 0.717) is 43.5 Å². The van der Waals surface area contributed by atoms with Gasteiger partial charge in [-0.2, -0.15) is 0 Å². The fourth-order valence-electron chi connectivity index (χ4n) is 13.3. The van der Waals surface area contributed by atoms with Crippen LogP contribution in [-0.4, -0.2) is 139 Å². The van der Waals surface area contributed by atoms with E-state index in [9.17, 15) is 43.5 Å². The molecular weight excluding hydrogens is 1080 g/mol. The van der Waals surface area contributed by atoms with Crippen LogP contribution in [0.15, 0.2) is 48.1 Å². The number of benzene rings is 1. The molecule has 83 heavy (non-hydrogen) atoms. The molecule has 14 atom stereocenters. The van der Waals surface area contributed by atoms with Crippen molar-refractivity contribution in [2.75, 3.05) is 31.6 Å². The molecule has 1 aliphatic heterocycles. The first kappa shape index (κ1) is 64.2. The highest BCUT2D eigenvalue weighted by Gasteiger charge is 2.80. The predicted molar refractivity (Wildman–Crippen MR) is 301 cm³/mol. The highest BCUT2D eigenvalue weighted by atomic mass is 19.1. The van der Waals surface area contributed by atoms with Gasteiger partial charge in [0.25, 0.3) is 0 Å². The Morgan fingerprint density at radius 1 is 0.916 bits per heavy atom. The quantitative estimate of drug-likeness (QED) is 0.0450. The highest BCUT2D eigenvalue weighted by Crippen LogP contribution is 2.72. The molecule has 1 aromatic rings. The third kappa shape index (κ3) is 14.4. The molecule has 21 nitrogen and oxygen atoms in total. The number of unbranched alkanes of at least 4 members (excludes halogenated alkanes) is 1. The Hall–Kier alpha value is -6.32. The Kier molecular flexibility index (Phi) is 21.7. The topological polar surface area (TPSA) is 318 Å². The summed E-state index contributed by atoms with van der Waals surface area (Å²) in [5, 5.41) is 27.9. The number of hydrogen-bond donors (Lipinski definition) is 9. The van der Waals surface area contributed by atoms with Crippen molar-refractivity contribution >= 4 is 53.0 Å². The van der Waals surface area contributed by atoms with Gasteiger partial charge < -0.3 is 67.4 Å². The van der Waals surface area contributed by atoms with E-state index < -0.39 is 131 Å². The molecule has 456 valence electrons. The number of primary amides is 1. The van der Waals surface area contributed by atoms with E-state index in [1.807, 2.05) is 6.92 Å². The molecule has 0 spiro atoms. The van der Waals surface area contributed by atoms with Crippen molar-refractivity contribution in [2.24, 2.45) is 40.1 Å². The van der Waals surface area contributed by atoms with Crippen LogP contribution in [0.4, 0.5) is 24.1 Å². The molecule has 1 saturated heterocycles. The van der Waals surface area contributed by atoms with Gasteiger partial charge in [-0.3, -0.25) is 28.8 Å². The summed E-state index contributed by atoms with van der Waals surface area (Å²) in [6, 6.07) is 2.33. The molecule has 0 radical (unpaired) electrons. The fourth-order valence-corrected chi connectivity index (χ4v) is 13.3. The van der Waals surface area contributed by atoms with Gasteiger partial charge >= 0.3 is 12.1 Å². The first-order valence-electron chi connectivity index (χ1n) is 29.4. The SMILES string of the molecule is CCCC1O[C@@H]2CC3[C@@H]4C[C@H](F)C5=CC(=O)C=C[C@]5(C)[C@@]4(F)[C@@H](O)C[C@]3(C)[C@]2(C(=O)CNC(=O)OCc2ccc(NC(=O)[C@H](CCCNC(N)=O)NC(=O)[C@@H](NC(=O)[C@H](N)CCCCNC(=O)COC3C#CCCCCC3)C(C)C)cc2)O1. The second kappa shape index (κ2) is 28.0. The Bertz CT molecular complexity index is 2680. The number of Topliss-reactive ketones (excluding diaryl/α,β-unsaturated/α-hetero) is 1. The molecule has 0 aromatic heterocycles. The summed E-state index contributed by atoms with van der Waals surface area (Å²) in [5.74, 6) is 0.868. The van der Waals surface area contributed by atoms with Crippen LogP contribution in [0.3, 0.4) is 0 Å². The molecule has 23 heteroatoms. The van der Waals surface area contributed by atoms with Crippen LogP contribution < -0.4 is 43.4 Å². The number of allylic oxidation sites excluding steroid dienone is 4. The zero-order valence-electron chi connectivity index (χ0n) is 48.3. The third-order valence-corrected chi connectivity index (χ3v) is 17.7. The van der Waals surface area contributed by atoms with Crippen molar-refractivity contribution < 1.29 is 71.2 Å². The zero-order valence-corrected chi connectivity index (χ0v) is 48.3. The number of nitrogens with two attached hydrogens (primary N) is 2. The Labute approximate surface area is 484 Å². The number of rotatable bonds is 26. The van der Waals surface area contributed by atoms with Gasteiger partial charge in [0, 0.05) is 41.9 Å². The lowest BCUT2D eigenvalue weighted by Gasteiger charge is -2.63. The van der Waals surface area contributed by atoms with Crippen LogP contribution in [0, 0.1) is 40.4 Å². The molecule has 7 amide bonds. The minimum atomic E-state index is -2.38. The highest BCUT2D eigenvalue weighted by molar-refractivity contribution is 6.01. The third-order valence-electron chi connectivity index (χ3n) is 17.7. The summed E-state index contributed by atoms with van der Waals surface area (Å²) in [7, 11) is 0. The average molecular weight is 1160 g/mol. The molecular formula is C60H84F2N8O13. The number of fused-ring (bicyclic) bond motifs is 7. The Morgan fingerprint density at radius 3 is 2.39 bits per heavy atom. The van der Waals surface area contributed by atoms with Crippen molar-refractivity contribution in [3.63, 3.8) is 0 Å². The minimum absolute atomic E-state index is 0.0155. The van der Waals surface area contributed by atoms with E-state index >= 15 is 8.78 Å². The molecule has 7 rings (SSSR count). The second-order valence-electron chi connectivity index (χ2n) is 23.7. The van der Waals surface area contributed by atoms with Crippen LogP contribution in [0.25, 0.3) is 0 Å². The van der Waals surface area contributed by atoms with Crippen molar-refractivity contribution in [3.8, 4) is 11.8 Å². The molecule has 5 aliphatic carbocycles. The number of hydrogen-bond acceptors (Lipinski definition) is 14. The summed E-state index contributed by atoms with van der Waals surface area (Å²) in [6.07, 6.45) is 4.53. The van der Waals surface area contributed by atoms with Gasteiger partial charge in [0.1, 0.15) is 37.6 Å². The molecule has 1 heterocycles. The van der Waals surface area contributed by atoms with E-state index in [-0.39, 0.29) is 75.9 Å². The zero-order chi connectivity index (χ0) is 60.3. The number of alkyl halides is 2. The van der Waals surface area contributed by atoms with E-state index in [4.69, 9.17) is 30.4 Å². The average Bonchev–Trinajstić information content (AvgIpc) is 1.63. The number of carbonyl (C=O) groups excluding carboxylic acids is 8. The van der Waals surface area contributed by atoms with Crippen LogP contribution in [0.5, 0.6) is 0 Å². The normalized spacial score (nSPS) is 30.6. The summed E-state index contributed by atoms with van der Waals surface area (Å²) >= 11 is 0. The Balaban J connectivity index is 0.898. The van der Waals surface area contributed by atoms with Gasteiger partial charge in [0.2, 0.25) is 23.6 Å². The first-order valence-corrected chi connectivity index (χ1v) is 29.4. The Morgan fingerprint density at radius 2 is 1.66 bits per heavy atom. The molecule has 11 N–H and O–H groups in total. The largest absolute Gasteiger partial charge is 0.445 e. The number of halogens is 2. The molecule has 0 bridgehead atoms. The van der Waals surface area contributed by atoms with Gasteiger partial charge in [0.15, 0.2) is 29.1 Å². The van der Waals surface area contributed by atoms with Crippen molar-refractivity contribution in [2.45, 2.75) is 198 Å². The number of aliphatic hydroxyl groups excluding tert-OH is 1. The molecule has 4 fully saturated rings. The van der Waals surface area contributed by atoms with Gasteiger partial charge in [-0.15, -0.1) is 5.92 Å². The lowest BCUT2D eigenvalue weighted by atomic mass is 9.44. The minimum Gasteiger partial charge on any atom is -0.445 e. The standard InChI is InChI=1S/C60H84F2N8O13/c1-6-15-50-82-48-30-40-41-29-43(61)42-28-38(71)24-25-57(42,4)59(41,62)46(72)31-58(40,5)60(48,83-50)47(73)32-67-56(79)81-33-36-20-22-37(23-21-36)68-53(76)45(19-14-27-66-55(64)78)69-54(77)51(35(2)3)70-52(75)44(63)18-12-13-26-65-49(74)34-80-39-16-10-8-7-9-11-17-39/h20-25,28,35,39-41,43-46,48,50-51,72H,6-10,12-16,18-19,26-27,29-34,63H2,1-5H3,(H,65,74)(H,67,79)(H,68,76)(H,69,77)(H,70,75)(H3,64,66,78)/t39?,40?,41-,43-,44+,45-,46-,48+,50?,51-,57-,58-,59-,60+/m0/s1. The van der Waals surface area contributed by atoms with Crippen molar-refractivity contribution in [3.05, 3.63) is 53.6 Å². The monoisotopic (exact) mass is 1160 g/mol. The summed E-state index contributed by atoms with van der Waals surface area (Å²) in [6.45, 7) is 8.17. The van der Waals surface area contributed by atoms with Gasteiger partial charge in [-0.25, -0.2) is 18.4 Å². The van der Waals surface area contributed by atoms with Crippen LogP contribution in [-0.2, 0) is 54.3 Å². The molecule has 1 aromatic carbocycles. The lowest BCUT2D eigenvalue weighted by molar-refractivity contribution is -0.233. The van der Waals surface area contributed by atoms with E-state index in [0.717, 1.165) is 38.2 Å². The maximum Gasteiger partial charge on any atom is 0.407 e. The maximum atomic E-state index is 17.9. The lowest BCUT2D eigenvalue weighted by Crippen LogP contribution is -2.71. The summed E-state index contributed by atoms with van der Waals surface area (Å²) < 4.78 is 58.1. The summed E-state index contributed by atoms with van der Waals surface area (Å²) in [4.78, 5) is 105. The number of carbonyl (C=O) groups is 8. The number of anilines is 1. The van der Waals surface area contributed by atoms with Crippen LogP contribution >= 0.6 is 0 Å². The fraction of sp³-hybridized carbons (Fsp3) is 0.667. The van der Waals surface area contributed by atoms with Gasteiger partial charge in [-0.1, -0.05) is 64.7 Å². The second-order valence-corrected chi connectivity index (χ2v) is 23.7. The van der Waals surface area contributed by atoms with Crippen LogP contribution in [0.2, 0.25) is 0 Å². The number of nitrogens with one attached hydrogen (secondary N) is 6. The smallest absolute Gasteiger partial charge is 0.407 e. The number of amides is 7. The number of aliphatic hydroxyl groups is 1. The van der Waals surface area contributed by atoms with E-state index in [1.54, 1.807) is 45.0 Å². The van der Waals surface area contributed by atoms with Gasteiger partial charge in [-0.05, 0) is 131 Å². The van der Waals surface area contributed by atoms with Crippen LogP contribution in [0.1, 0.15) is 136 Å². The predicted octanol–water partition coefficient (Wildman–Crippen LogP) is 4.67. The van der Waals surface area contributed by atoms with E-state index in [1.165, 1.54) is 19.1 Å². The summed E-state index contributed by atoms with van der Waals surface area (Å²) in [5.41, 5.74) is 5.27. The first-order chi connectivity index (χ1) is 39.5. The maximum absolute atomic E-state index is 17.9. The number of ether oxygens (including phenoxy) is 4. The number of alkyl carbamates (subject to hydrolysis) is 1. The molecule has 6 aliphatic rings. The van der Waals surface area contributed by atoms with Crippen molar-refractivity contribution in [1.82, 2.24) is 26.6 Å². The molecule has 3 saturated carbocycles. The van der Waals surface area contributed by atoms with Gasteiger partial charge in [0.05, 0.1) is 24.8 Å².